The molecule has 27 heavy (non-hydrogen) atoms. The Balaban J connectivity index is 1.64. The second-order valence-corrected chi connectivity index (χ2v) is 6.64. The first-order chi connectivity index (χ1) is 13.2. The van der Waals surface area contributed by atoms with Crippen molar-refractivity contribution in [2.75, 3.05) is 25.1 Å². The maximum absolute atomic E-state index is 12.6. The van der Waals surface area contributed by atoms with Gasteiger partial charge in [0, 0.05) is 17.9 Å². The molecule has 0 unspecified atom stereocenters. The van der Waals surface area contributed by atoms with E-state index in [0.717, 1.165) is 23.8 Å². The average Bonchev–Trinajstić information content (AvgIpc) is 3.48. The summed E-state index contributed by atoms with van der Waals surface area (Å²) in [5.41, 5.74) is 2.33. The van der Waals surface area contributed by atoms with Crippen LogP contribution in [0.4, 0.5) is 5.69 Å². The Bertz CT molecular complexity index is 771. The Morgan fingerprint density at radius 3 is 2.56 bits per heavy atom. The summed E-state index contributed by atoms with van der Waals surface area (Å²) in [6, 6.07) is 13.0. The molecule has 1 aliphatic carbocycles. The van der Waals surface area contributed by atoms with Crippen molar-refractivity contribution in [2.24, 2.45) is 5.92 Å². The summed E-state index contributed by atoms with van der Waals surface area (Å²) in [6.07, 6.45) is 2.56. The molecule has 0 saturated heterocycles. The molecule has 2 aromatic rings. The lowest BCUT2D eigenvalue weighted by Gasteiger charge is -2.13. The van der Waals surface area contributed by atoms with E-state index in [-0.39, 0.29) is 5.91 Å². The first kappa shape index (κ1) is 19.2. The Hall–Kier alpha value is -2.53. The van der Waals surface area contributed by atoms with Gasteiger partial charge in [-0.1, -0.05) is 12.1 Å². The van der Waals surface area contributed by atoms with E-state index >= 15 is 0 Å². The zero-order valence-corrected chi connectivity index (χ0v) is 16.0. The fourth-order valence-electron chi connectivity index (χ4n) is 2.76. The summed E-state index contributed by atoms with van der Waals surface area (Å²) in [6.45, 7) is 6.26. The normalized spacial score (nSPS) is 13.3. The molecule has 3 rings (SSSR count). The van der Waals surface area contributed by atoms with Gasteiger partial charge in [-0.2, -0.15) is 0 Å². The first-order valence-electron chi connectivity index (χ1n) is 9.57. The van der Waals surface area contributed by atoms with E-state index in [9.17, 15) is 4.79 Å². The van der Waals surface area contributed by atoms with Crippen LogP contribution < -0.4 is 14.8 Å². The second-order valence-electron chi connectivity index (χ2n) is 6.64. The maximum atomic E-state index is 12.6. The number of amides is 1. The van der Waals surface area contributed by atoms with Gasteiger partial charge in [0.05, 0.1) is 19.8 Å². The lowest BCUT2D eigenvalue weighted by Crippen LogP contribution is -2.12. The molecule has 5 nitrogen and oxygen atoms in total. The summed E-state index contributed by atoms with van der Waals surface area (Å²) >= 11 is 0. The number of hydrogen-bond donors (Lipinski definition) is 1. The van der Waals surface area contributed by atoms with E-state index in [1.807, 2.05) is 38.1 Å². The van der Waals surface area contributed by atoms with Gasteiger partial charge in [0.15, 0.2) is 11.5 Å². The monoisotopic (exact) mass is 369 g/mol. The number of carbonyl (C=O) groups is 1. The van der Waals surface area contributed by atoms with Crippen LogP contribution in [0.2, 0.25) is 0 Å². The number of anilines is 1. The molecular formula is C22H27NO4. The van der Waals surface area contributed by atoms with Gasteiger partial charge in [0.25, 0.3) is 5.91 Å². The summed E-state index contributed by atoms with van der Waals surface area (Å²) in [7, 11) is 0. The second kappa shape index (κ2) is 9.42. The van der Waals surface area contributed by atoms with Gasteiger partial charge in [-0.05, 0) is 68.5 Å². The smallest absolute Gasteiger partial charge is 0.255 e. The van der Waals surface area contributed by atoms with Gasteiger partial charge in [-0.15, -0.1) is 0 Å². The van der Waals surface area contributed by atoms with E-state index in [1.54, 1.807) is 18.2 Å². The third kappa shape index (κ3) is 5.73. The molecular weight excluding hydrogens is 342 g/mol. The molecule has 2 aromatic carbocycles. The molecule has 0 spiro atoms. The highest BCUT2D eigenvalue weighted by Gasteiger charge is 2.21. The maximum Gasteiger partial charge on any atom is 0.255 e. The van der Waals surface area contributed by atoms with Crippen molar-refractivity contribution in [2.45, 2.75) is 33.3 Å². The van der Waals surface area contributed by atoms with Crippen molar-refractivity contribution in [3.05, 3.63) is 53.6 Å². The predicted octanol–water partition coefficient (Wildman–Crippen LogP) is 4.66. The zero-order chi connectivity index (χ0) is 19.1. The van der Waals surface area contributed by atoms with Crippen LogP contribution in [-0.4, -0.2) is 25.7 Å². The number of ether oxygens (including phenoxy) is 3. The van der Waals surface area contributed by atoms with Crippen LogP contribution in [0.15, 0.2) is 42.5 Å². The molecule has 1 saturated carbocycles. The Labute approximate surface area is 160 Å². The Morgan fingerprint density at radius 2 is 1.81 bits per heavy atom. The van der Waals surface area contributed by atoms with Crippen molar-refractivity contribution < 1.29 is 19.0 Å². The highest BCUT2D eigenvalue weighted by atomic mass is 16.5. The van der Waals surface area contributed by atoms with Crippen LogP contribution in [0.5, 0.6) is 11.5 Å². The molecule has 1 amide bonds. The average molecular weight is 369 g/mol. The molecule has 1 N–H and O–H groups in total. The standard InChI is InChI=1S/C22H27NO4/c1-3-26-20-11-10-18(13-21(20)27-4-2)22(24)23-19-7-5-6-17(12-19)15-25-14-16-8-9-16/h5-7,10-13,16H,3-4,8-9,14-15H2,1-2H3,(H,23,24). The topological polar surface area (TPSA) is 56.8 Å². The van der Waals surface area contributed by atoms with Crippen molar-refractivity contribution >= 4 is 11.6 Å². The van der Waals surface area contributed by atoms with Gasteiger partial charge in [0.1, 0.15) is 0 Å². The third-order valence-electron chi connectivity index (χ3n) is 4.31. The fourth-order valence-corrected chi connectivity index (χ4v) is 2.76. The summed E-state index contributed by atoms with van der Waals surface area (Å²) < 4.78 is 16.9. The minimum atomic E-state index is -0.185. The molecule has 0 aliphatic heterocycles. The number of nitrogens with one attached hydrogen (secondary N) is 1. The Kier molecular flexibility index (Phi) is 6.71. The SMILES string of the molecule is CCOc1ccc(C(=O)Nc2cccc(COCC3CC3)c2)cc1OCC. The lowest BCUT2D eigenvalue weighted by molar-refractivity contribution is 0.102. The summed E-state index contributed by atoms with van der Waals surface area (Å²) in [5, 5.41) is 2.94. The predicted molar refractivity (Wildman–Crippen MR) is 106 cm³/mol. The highest BCUT2D eigenvalue weighted by molar-refractivity contribution is 6.04. The van der Waals surface area contributed by atoms with E-state index in [1.165, 1.54) is 12.8 Å². The molecule has 1 aliphatic rings. The van der Waals surface area contributed by atoms with Crippen LogP contribution in [0, 0.1) is 5.92 Å². The zero-order valence-electron chi connectivity index (χ0n) is 16.0. The van der Waals surface area contributed by atoms with Crippen LogP contribution in [-0.2, 0) is 11.3 Å². The molecule has 0 heterocycles. The Morgan fingerprint density at radius 1 is 1.04 bits per heavy atom. The van der Waals surface area contributed by atoms with E-state index < -0.39 is 0 Å². The first-order valence-corrected chi connectivity index (χ1v) is 9.57. The summed E-state index contributed by atoms with van der Waals surface area (Å²) in [5.74, 6) is 1.78. The van der Waals surface area contributed by atoms with Crippen molar-refractivity contribution in [1.82, 2.24) is 0 Å². The minimum Gasteiger partial charge on any atom is -0.490 e. The number of rotatable bonds is 10. The van der Waals surface area contributed by atoms with Crippen LogP contribution in [0.3, 0.4) is 0 Å². The highest BCUT2D eigenvalue weighted by Crippen LogP contribution is 2.30. The quantitative estimate of drug-likeness (QED) is 0.662. The van der Waals surface area contributed by atoms with Crippen LogP contribution in [0.25, 0.3) is 0 Å². The minimum absolute atomic E-state index is 0.185. The molecule has 5 heteroatoms. The van der Waals surface area contributed by atoms with Crippen molar-refractivity contribution in [3.8, 4) is 11.5 Å². The van der Waals surface area contributed by atoms with Gasteiger partial charge in [-0.25, -0.2) is 0 Å². The van der Waals surface area contributed by atoms with Gasteiger partial charge in [0.2, 0.25) is 0 Å². The van der Waals surface area contributed by atoms with Gasteiger partial charge >= 0.3 is 0 Å². The van der Waals surface area contributed by atoms with Crippen LogP contribution >= 0.6 is 0 Å². The van der Waals surface area contributed by atoms with E-state index in [0.29, 0.717) is 36.9 Å². The number of hydrogen-bond acceptors (Lipinski definition) is 4. The van der Waals surface area contributed by atoms with Gasteiger partial charge in [-0.3, -0.25) is 4.79 Å². The number of benzene rings is 2. The molecule has 1 fully saturated rings. The van der Waals surface area contributed by atoms with Gasteiger partial charge < -0.3 is 19.5 Å². The molecule has 144 valence electrons. The largest absolute Gasteiger partial charge is 0.490 e. The number of carbonyl (C=O) groups excluding carboxylic acids is 1. The van der Waals surface area contributed by atoms with Crippen LogP contribution in [0.1, 0.15) is 42.6 Å². The fraction of sp³-hybridized carbons (Fsp3) is 0.409. The molecule has 0 radical (unpaired) electrons. The van der Waals surface area contributed by atoms with E-state index in [4.69, 9.17) is 14.2 Å². The summed E-state index contributed by atoms with van der Waals surface area (Å²) in [4.78, 5) is 12.6. The lowest BCUT2D eigenvalue weighted by atomic mass is 10.1. The van der Waals surface area contributed by atoms with E-state index in [2.05, 4.69) is 5.32 Å². The molecule has 0 atom stereocenters. The van der Waals surface area contributed by atoms with Crippen molar-refractivity contribution in [1.29, 1.82) is 0 Å². The van der Waals surface area contributed by atoms with Crippen molar-refractivity contribution in [3.63, 3.8) is 0 Å². The molecule has 0 aromatic heterocycles. The third-order valence-corrected chi connectivity index (χ3v) is 4.31. The molecule has 0 bridgehead atoms.